The fourth-order valence-corrected chi connectivity index (χ4v) is 4.06. The molecule has 0 aromatic heterocycles. The number of hydrogen-bond donors (Lipinski definition) is 3. The Labute approximate surface area is 181 Å². The first kappa shape index (κ1) is 25.1. The van der Waals surface area contributed by atoms with Crippen LogP contribution in [0, 0.1) is 5.92 Å². The molecule has 0 saturated heterocycles. The zero-order chi connectivity index (χ0) is 22.1. The summed E-state index contributed by atoms with van der Waals surface area (Å²) in [7, 11) is 0. The largest absolute Gasteiger partial charge is 0.480 e. The zero-order valence-electron chi connectivity index (χ0n) is 15.7. The number of carboxylic acid groups (broad SMARTS) is 2. The number of carboxylic acids is 2. The molecule has 0 aliphatic carbocycles. The van der Waals surface area contributed by atoms with Gasteiger partial charge in [-0.1, -0.05) is 30.1 Å². The highest BCUT2D eigenvalue weighted by Crippen LogP contribution is 2.36. The van der Waals surface area contributed by atoms with Gasteiger partial charge in [0.05, 0.1) is 5.02 Å². The number of ketones is 1. The number of benzene rings is 1. The minimum atomic E-state index is -1.18. The van der Waals surface area contributed by atoms with Gasteiger partial charge in [-0.25, -0.2) is 9.59 Å². The quantitative estimate of drug-likeness (QED) is 0.401. The van der Waals surface area contributed by atoms with Crippen LogP contribution < -0.4 is 10.1 Å². The highest BCUT2D eigenvalue weighted by Gasteiger charge is 2.25. The highest BCUT2D eigenvalue weighted by atomic mass is 35.5. The van der Waals surface area contributed by atoms with Crippen LogP contribution in [0.4, 0.5) is 0 Å². The fraction of sp³-hybridized carbons (Fsp3) is 0.444. The van der Waals surface area contributed by atoms with Crippen LogP contribution in [-0.4, -0.2) is 58.0 Å². The van der Waals surface area contributed by atoms with Crippen molar-refractivity contribution >= 4 is 58.6 Å². The van der Waals surface area contributed by atoms with Gasteiger partial charge in [-0.3, -0.25) is 9.59 Å². The third kappa shape index (κ3) is 7.75. The minimum absolute atomic E-state index is 0.0373. The van der Waals surface area contributed by atoms with Crippen LogP contribution in [0.15, 0.2) is 12.1 Å². The molecule has 1 aromatic rings. The molecule has 0 aliphatic heterocycles. The van der Waals surface area contributed by atoms with Gasteiger partial charge < -0.3 is 20.3 Å². The van der Waals surface area contributed by atoms with E-state index in [1.807, 2.05) is 6.92 Å². The van der Waals surface area contributed by atoms with Gasteiger partial charge in [0.25, 0.3) is 0 Å². The molecule has 0 bridgehead atoms. The van der Waals surface area contributed by atoms with Crippen LogP contribution in [0.1, 0.15) is 30.6 Å². The maximum absolute atomic E-state index is 12.8. The Morgan fingerprint density at radius 2 is 1.79 bits per heavy atom. The second-order valence-electron chi connectivity index (χ2n) is 6.02. The number of carbonyl (C=O) groups is 4. The predicted molar refractivity (Wildman–Crippen MR) is 110 cm³/mol. The standard InChI is InChI=1S/C18H21Cl2NO7S/c1-3-10(7-29-8-12(18(26)27)21-9(2)22)17(25)11-4-5-13(16(20)15(11)19)28-6-14(23)24/h4-5,10,12H,3,6-8H2,1-2H3,(H,21,22)(H,23,24)(H,26,27)/t10?,12-/m0/s1. The van der Waals surface area contributed by atoms with Gasteiger partial charge in [-0.2, -0.15) is 11.8 Å². The summed E-state index contributed by atoms with van der Waals surface area (Å²) in [5.41, 5.74) is 0.170. The van der Waals surface area contributed by atoms with E-state index < -0.39 is 36.4 Å². The molecule has 1 rings (SSSR count). The van der Waals surface area contributed by atoms with E-state index >= 15 is 0 Å². The highest BCUT2D eigenvalue weighted by molar-refractivity contribution is 7.99. The van der Waals surface area contributed by atoms with Crippen molar-refractivity contribution < 1.29 is 34.1 Å². The summed E-state index contributed by atoms with van der Waals surface area (Å²) < 4.78 is 5.02. The van der Waals surface area contributed by atoms with Crippen molar-refractivity contribution in [2.24, 2.45) is 5.92 Å². The number of hydrogen-bond acceptors (Lipinski definition) is 6. The topological polar surface area (TPSA) is 130 Å². The molecule has 1 aromatic carbocycles. The number of aliphatic carboxylic acids is 2. The SMILES string of the molecule is CCC(CSC[C@H](NC(C)=O)C(=O)O)C(=O)c1ccc(OCC(=O)O)c(Cl)c1Cl. The summed E-state index contributed by atoms with van der Waals surface area (Å²) in [6.45, 7) is 2.44. The Balaban J connectivity index is 2.84. The monoisotopic (exact) mass is 465 g/mol. The van der Waals surface area contributed by atoms with Crippen molar-refractivity contribution in [3.8, 4) is 5.75 Å². The van der Waals surface area contributed by atoms with E-state index in [0.29, 0.717) is 12.2 Å². The van der Waals surface area contributed by atoms with Crippen LogP contribution in [0.2, 0.25) is 10.0 Å². The molecule has 1 amide bonds. The summed E-state index contributed by atoms with van der Waals surface area (Å²) in [6.07, 6.45) is 0.481. The van der Waals surface area contributed by atoms with Gasteiger partial charge in [0.15, 0.2) is 12.4 Å². The van der Waals surface area contributed by atoms with Crippen LogP contribution >= 0.6 is 35.0 Å². The first-order chi connectivity index (χ1) is 13.6. The van der Waals surface area contributed by atoms with E-state index in [0.717, 1.165) is 0 Å². The van der Waals surface area contributed by atoms with Gasteiger partial charge in [-0.05, 0) is 18.6 Å². The average molecular weight is 466 g/mol. The number of halogens is 2. The molecule has 0 aliphatic rings. The molecule has 2 atom stereocenters. The normalized spacial score (nSPS) is 12.7. The lowest BCUT2D eigenvalue weighted by atomic mass is 9.97. The molecule has 1 unspecified atom stereocenters. The van der Waals surface area contributed by atoms with Gasteiger partial charge in [0.2, 0.25) is 5.91 Å². The van der Waals surface area contributed by atoms with E-state index in [1.165, 1.54) is 30.8 Å². The van der Waals surface area contributed by atoms with E-state index in [9.17, 15) is 19.2 Å². The lowest BCUT2D eigenvalue weighted by Gasteiger charge is -2.18. The minimum Gasteiger partial charge on any atom is -0.480 e. The smallest absolute Gasteiger partial charge is 0.341 e. The van der Waals surface area contributed by atoms with Crippen molar-refractivity contribution in [2.45, 2.75) is 26.3 Å². The molecule has 29 heavy (non-hydrogen) atoms. The summed E-state index contributed by atoms with van der Waals surface area (Å²) >= 11 is 13.5. The van der Waals surface area contributed by atoms with Crippen molar-refractivity contribution in [1.29, 1.82) is 0 Å². The van der Waals surface area contributed by atoms with Crippen molar-refractivity contribution in [3.05, 3.63) is 27.7 Å². The van der Waals surface area contributed by atoms with Gasteiger partial charge in [0, 0.05) is 29.9 Å². The fourth-order valence-electron chi connectivity index (χ4n) is 2.32. The molecule has 0 radical (unpaired) electrons. The molecule has 8 nitrogen and oxygen atoms in total. The molecule has 0 saturated carbocycles. The average Bonchev–Trinajstić information content (AvgIpc) is 2.64. The number of Topliss-reactive ketones (excluding diaryl/α,β-unsaturated/α-hetero) is 1. The Morgan fingerprint density at radius 3 is 2.31 bits per heavy atom. The van der Waals surface area contributed by atoms with Gasteiger partial charge in [-0.15, -0.1) is 0 Å². The number of thioether (sulfide) groups is 1. The summed E-state index contributed by atoms with van der Waals surface area (Å²) in [6, 6.07) is 1.74. The molecule has 11 heteroatoms. The number of ether oxygens (including phenoxy) is 1. The maximum Gasteiger partial charge on any atom is 0.341 e. The molecule has 160 valence electrons. The predicted octanol–water partition coefficient (Wildman–Crippen LogP) is 2.99. The Morgan fingerprint density at radius 1 is 1.14 bits per heavy atom. The second kappa shape index (κ2) is 11.9. The molecule has 0 spiro atoms. The third-order valence-corrected chi connectivity index (χ3v) is 5.88. The summed E-state index contributed by atoms with van der Waals surface area (Å²) in [4.78, 5) is 45.7. The van der Waals surface area contributed by atoms with E-state index in [2.05, 4.69) is 5.32 Å². The van der Waals surface area contributed by atoms with E-state index in [1.54, 1.807) is 0 Å². The third-order valence-electron chi connectivity index (χ3n) is 3.81. The molecule has 3 N–H and O–H groups in total. The van der Waals surface area contributed by atoms with E-state index in [4.69, 9.17) is 38.2 Å². The van der Waals surface area contributed by atoms with Crippen molar-refractivity contribution in [3.63, 3.8) is 0 Å². The lowest BCUT2D eigenvalue weighted by Crippen LogP contribution is -2.41. The van der Waals surface area contributed by atoms with Crippen molar-refractivity contribution in [1.82, 2.24) is 5.32 Å². The number of rotatable bonds is 12. The van der Waals surface area contributed by atoms with Gasteiger partial charge in [0.1, 0.15) is 16.8 Å². The molecule has 0 fully saturated rings. The maximum atomic E-state index is 12.8. The van der Waals surface area contributed by atoms with Crippen LogP contribution in [0.25, 0.3) is 0 Å². The van der Waals surface area contributed by atoms with Gasteiger partial charge >= 0.3 is 11.9 Å². The number of nitrogens with one attached hydrogen (secondary N) is 1. The number of amides is 1. The van der Waals surface area contributed by atoms with Crippen LogP contribution in [0.5, 0.6) is 5.75 Å². The van der Waals surface area contributed by atoms with Crippen LogP contribution in [0.3, 0.4) is 0 Å². The first-order valence-electron chi connectivity index (χ1n) is 8.52. The Kier molecular flexibility index (Phi) is 10.3. The summed E-state index contributed by atoms with van der Waals surface area (Å²) in [5.74, 6) is -3.03. The first-order valence-corrected chi connectivity index (χ1v) is 10.4. The lowest BCUT2D eigenvalue weighted by molar-refractivity contribution is -0.141. The summed E-state index contributed by atoms with van der Waals surface area (Å²) in [5, 5.41) is 20.0. The Hall–Kier alpha value is -1.97. The zero-order valence-corrected chi connectivity index (χ0v) is 18.1. The van der Waals surface area contributed by atoms with Crippen molar-refractivity contribution in [2.75, 3.05) is 18.1 Å². The molecular formula is C18H21Cl2NO7S. The Bertz CT molecular complexity index is 788. The second-order valence-corrected chi connectivity index (χ2v) is 7.85. The number of carbonyl (C=O) groups excluding carboxylic acids is 2. The van der Waals surface area contributed by atoms with Crippen LogP contribution in [-0.2, 0) is 14.4 Å². The molecular weight excluding hydrogens is 445 g/mol. The van der Waals surface area contributed by atoms with E-state index in [-0.39, 0.29) is 32.9 Å². The molecule has 0 heterocycles.